The number of hydrazine groups is 1. The highest BCUT2D eigenvalue weighted by atomic mass is 16.5. The number of benzene rings is 2. The first-order chi connectivity index (χ1) is 14.6. The summed E-state index contributed by atoms with van der Waals surface area (Å²) in [5.74, 6) is 0.886. The van der Waals surface area contributed by atoms with Crippen LogP contribution in [0.1, 0.15) is 25.7 Å². The molecule has 2 N–H and O–H groups in total. The van der Waals surface area contributed by atoms with E-state index in [9.17, 15) is 14.4 Å². The van der Waals surface area contributed by atoms with Gasteiger partial charge < -0.3 is 14.4 Å². The second-order valence-corrected chi connectivity index (χ2v) is 6.90. The van der Waals surface area contributed by atoms with Crippen LogP contribution in [0.15, 0.2) is 54.6 Å². The predicted molar refractivity (Wildman–Crippen MR) is 110 cm³/mol. The van der Waals surface area contributed by atoms with E-state index in [1.165, 1.54) is 4.90 Å². The number of nitrogens with zero attached hydrogens (tertiary/aromatic N) is 1. The van der Waals surface area contributed by atoms with Gasteiger partial charge in [-0.1, -0.05) is 24.6 Å². The molecule has 30 heavy (non-hydrogen) atoms. The third-order valence-electron chi connectivity index (χ3n) is 4.52. The molecule has 0 atom stereocenters. The molecule has 0 aromatic heterocycles. The van der Waals surface area contributed by atoms with E-state index in [1.807, 2.05) is 30.3 Å². The maximum atomic E-state index is 12.0. The van der Waals surface area contributed by atoms with E-state index in [1.54, 1.807) is 24.3 Å². The van der Waals surface area contributed by atoms with Crippen LogP contribution in [-0.4, -0.2) is 42.3 Å². The lowest BCUT2D eigenvalue weighted by molar-refractivity contribution is -0.136. The molecule has 8 heteroatoms. The summed E-state index contributed by atoms with van der Waals surface area (Å²) in [5, 5.41) is 0. The van der Waals surface area contributed by atoms with Crippen LogP contribution in [0, 0.1) is 0 Å². The Bertz CT molecular complexity index is 855. The number of carbonyl (C=O) groups excluding carboxylic acids is 3. The molecule has 2 aromatic rings. The summed E-state index contributed by atoms with van der Waals surface area (Å²) in [6.07, 6.45) is 3.18. The van der Waals surface area contributed by atoms with Crippen molar-refractivity contribution in [3.05, 3.63) is 54.6 Å². The van der Waals surface area contributed by atoms with Crippen molar-refractivity contribution in [2.24, 2.45) is 0 Å². The lowest BCUT2D eigenvalue weighted by atomic mass is 10.2. The van der Waals surface area contributed by atoms with Gasteiger partial charge in [0.25, 0.3) is 11.8 Å². The summed E-state index contributed by atoms with van der Waals surface area (Å²) in [7, 11) is 0. The van der Waals surface area contributed by atoms with Crippen LogP contribution >= 0.6 is 0 Å². The standard InChI is InChI=1S/C22H25N3O5/c26-20(15-25-14-6-2-5-9-22(25)28)23-24-21(27)16-29-17-10-12-19(13-11-17)30-18-7-3-1-4-8-18/h1,3-4,7-8,10-13H,2,5-6,9,14-16H2,(H,23,26)(H,24,27). The Hall–Kier alpha value is -3.55. The van der Waals surface area contributed by atoms with Gasteiger partial charge in [-0.3, -0.25) is 25.2 Å². The molecule has 3 rings (SSSR count). The largest absolute Gasteiger partial charge is 0.484 e. The lowest BCUT2D eigenvalue weighted by Gasteiger charge is -2.19. The number of hydrogen-bond donors (Lipinski definition) is 2. The minimum Gasteiger partial charge on any atom is -0.484 e. The van der Waals surface area contributed by atoms with Crippen molar-refractivity contribution in [1.29, 1.82) is 0 Å². The summed E-state index contributed by atoms with van der Waals surface area (Å²) in [6, 6.07) is 16.2. The van der Waals surface area contributed by atoms with E-state index in [0.717, 1.165) is 25.0 Å². The molecule has 0 aliphatic carbocycles. The Morgan fingerprint density at radius 2 is 1.50 bits per heavy atom. The van der Waals surface area contributed by atoms with Crippen molar-refractivity contribution < 1.29 is 23.9 Å². The Labute approximate surface area is 175 Å². The highest BCUT2D eigenvalue weighted by Crippen LogP contribution is 2.23. The molecular weight excluding hydrogens is 386 g/mol. The highest BCUT2D eigenvalue weighted by Gasteiger charge is 2.19. The van der Waals surface area contributed by atoms with Gasteiger partial charge in [0.1, 0.15) is 23.8 Å². The molecule has 3 amide bonds. The third-order valence-corrected chi connectivity index (χ3v) is 4.52. The summed E-state index contributed by atoms with van der Waals surface area (Å²) in [6.45, 7) is 0.234. The van der Waals surface area contributed by atoms with Gasteiger partial charge >= 0.3 is 0 Å². The van der Waals surface area contributed by atoms with Gasteiger partial charge in [0.05, 0.1) is 0 Å². The second kappa shape index (κ2) is 10.8. The average molecular weight is 411 g/mol. The molecule has 1 aliphatic rings. The molecule has 8 nitrogen and oxygen atoms in total. The van der Waals surface area contributed by atoms with E-state index in [-0.39, 0.29) is 19.1 Å². The molecule has 1 aliphatic heterocycles. The summed E-state index contributed by atoms with van der Waals surface area (Å²) < 4.78 is 11.1. The average Bonchev–Trinajstić information content (AvgIpc) is 2.96. The topological polar surface area (TPSA) is 97.0 Å². The number of carbonyl (C=O) groups is 3. The van der Waals surface area contributed by atoms with Gasteiger partial charge in [-0.05, 0) is 49.2 Å². The van der Waals surface area contributed by atoms with Crippen LogP contribution in [0.25, 0.3) is 0 Å². The quantitative estimate of drug-likeness (QED) is 0.682. The van der Waals surface area contributed by atoms with Crippen LogP contribution in [0.2, 0.25) is 0 Å². The Morgan fingerprint density at radius 1 is 0.833 bits per heavy atom. The molecule has 0 radical (unpaired) electrons. The van der Waals surface area contributed by atoms with Gasteiger partial charge in [-0.25, -0.2) is 0 Å². The maximum absolute atomic E-state index is 12.0. The molecule has 0 bridgehead atoms. The number of nitrogens with one attached hydrogen (secondary N) is 2. The van der Waals surface area contributed by atoms with Gasteiger partial charge in [0.15, 0.2) is 6.61 Å². The van der Waals surface area contributed by atoms with Crippen LogP contribution in [0.4, 0.5) is 0 Å². The number of ether oxygens (including phenoxy) is 2. The maximum Gasteiger partial charge on any atom is 0.276 e. The molecule has 158 valence electrons. The van der Waals surface area contributed by atoms with E-state index in [0.29, 0.717) is 24.5 Å². The Morgan fingerprint density at radius 3 is 2.27 bits per heavy atom. The number of para-hydroxylation sites is 1. The molecular formula is C22H25N3O5. The smallest absolute Gasteiger partial charge is 0.276 e. The van der Waals surface area contributed by atoms with Crippen molar-refractivity contribution in [2.75, 3.05) is 19.7 Å². The van der Waals surface area contributed by atoms with Crippen LogP contribution in [0.5, 0.6) is 17.2 Å². The molecule has 1 fully saturated rings. The zero-order chi connectivity index (χ0) is 21.2. The molecule has 0 saturated carbocycles. The van der Waals surface area contributed by atoms with Crippen molar-refractivity contribution in [1.82, 2.24) is 15.8 Å². The number of hydrogen-bond acceptors (Lipinski definition) is 5. The van der Waals surface area contributed by atoms with Crippen LogP contribution in [0.3, 0.4) is 0 Å². The first-order valence-corrected chi connectivity index (χ1v) is 9.91. The summed E-state index contributed by atoms with van der Waals surface area (Å²) >= 11 is 0. The number of rotatable bonds is 7. The third kappa shape index (κ3) is 6.80. The second-order valence-electron chi connectivity index (χ2n) is 6.90. The van der Waals surface area contributed by atoms with Crippen LogP contribution < -0.4 is 20.3 Å². The Balaban J connectivity index is 1.37. The molecule has 2 aromatic carbocycles. The van der Waals surface area contributed by atoms with Crippen LogP contribution in [-0.2, 0) is 14.4 Å². The van der Waals surface area contributed by atoms with E-state index < -0.39 is 11.8 Å². The molecule has 0 spiro atoms. The van der Waals surface area contributed by atoms with Crippen molar-refractivity contribution in [3.63, 3.8) is 0 Å². The fourth-order valence-electron chi connectivity index (χ4n) is 2.97. The zero-order valence-corrected chi connectivity index (χ0v) is 16.6. The van der Waals surface area contributed by atoms with Gasteiger partial charge in [-0.2, -0.15) is 0 Å². The molecule has 1 saturated heterocycles. The monoisotopic (exact) mass is 411 g/mol. The van der Waals surface area contributed by atoms with Gasteiger partial charge in [0.2, 0.25) is 5.91 Å². The zero-order valence-electron chi connectivity index (χ0n) is 16.6. The molecule has 1 heterocycles. The van der Waals surface area contributed by atoms with Gasteiger partial charge in [0, 0.05) is 13.0 Å². The first-order valence-electron chi connectivity index (χ1n) is 9.91. The number of likely N-dealkylation sites (tertiary alicyclic amines) is 1. The van der Waals surface area contributed by atoms with Gasteiger partial charge in [-0.15, -0.1) is 0 Å². The number of amides is 3. The fourth-order valence-corrected chi connectivity index (χ4v) is 2.97. The van der Waals surface area contributed by atoms with E-state index >= 15 is 0 Å². The molecule has 0 unspecified atom stereocenters. The SMILES string of the molecule is O=C(COc1ccc(Oc2ccccc2)cc1)NNC(=O)CN1CCCCCC1=O. The highest BCUT2D eigenvalue weighted by molar-refractivity contribution is 5.87. The van der Waals surface area contributed by atoms with E-state index in [2.05, 4.69) is 10.9 Å². The fraction of sp³-hybridized carbons (Fsp3) is 0.318. The van der Waals surface area contributed by atoms with Crippen molar-refractivity contribution >= 4 is 17.7 Å². The first kappa shape index (κ1) is 21.2. The van der Waals surface area contributed by atoms with Crippen molar-refractivity contribution in [2.45, 2.75) is 25.7 Å². The van der Waals surface area contributed by atoms with E-state index in [4.69, 9.17) is 9.47 Å². The predicted octanol–water partition coefficient (Wildman–Crippen LogP) is 2.41. The summed E-state index contributed by atoms with van der Waals surface area (Å²) in [5.41, 5.74) is 4.60. The Kier molecular flexibility index (Phi) is 7.65. The lowest BCUT2D eigenvalue weighted by Crippen LogP contribution is -2.48. The minimum atomic E-state index is -0.504. The normalized spacial score (nSPS) is 13.9. The minimum absolute atomic E-state index is 0.0306. The summed E-state index contributed by atoms with van der Waals surface area (Å²) in [4.78, 5) is 37.3. The van der Waals surface area contributed by atoms with Crippen molar-refractivity contribution in [3.8, 4) is 17.2 Å².